The Hall–Kier alpha value is -2.76. The lowest BCUT2D eigenvalue weighted by molar-refractivity contribution is -0.139. The third kappa shape index (κ3) is 3.84. The number of fused-ring (bicyclic) bond motifs is 1. The van der Waals surface area contributed by atoms with Gasteiger partial charge in [-0.2, -0.15) is 13.2 Å². The van der Waals surface area contributed by atoms with Gasteiger partial charge in [-0.25, -0.2) is 0 Å². The fourth-order valence-electron chi connectivity index (χ4n) is 2.92. The molecule has 0 unspecified atom stereocenters. The molecule has 0 saturated carbocycles. The predicted octanol–water partition coefficient (Wildman–Crippen LogP) is 4.90. The van der Waals surface area contributed by atoms with Crippen molar-refractivity contribution in [2.24, 2.45) is 0 Å². The van der Waals surface area contributed by atoms with Crippen molar-refractivity contribution >= 4 is 16.8 Å². The molecule has 0 bridgehead atoms. The van der Waals surface area contributed by atoms with Crippen LogP contribution in [0.15, 0.2) is 54.7 Å². The first-order chi connectivity index (χ1) is 11.8. The maximum atomic E-state index is 13.1. The van der Waals surface area contributed by atoms with E-state index >= 15 is 0 Å². The van der Waals surface area contributed by atoms with Crippen LogP contribution < -0.4 is 5.32 Å². The third-order valence-corrected chi connectivity index (χ3v) is 4.13. The van der Waals surface area contributed by atoms with Crippen LogP contribution in [0, 0.1) is 6.92 Å². The molecule has 1 heterocycles. The van der Waals surface area contributed by atoms with Gasteiger partial charge in [-0.05, 0) is 24.6 Å². The molecule has 0 saturated heterocycles. The van der Waals surface area contributed by atoms with Gasteiger partial charge in [-0.1, -0.05) is 36.4 Å². The summed E-state index contributed by atoms with van der Waals surface area (Å²) in [6.07, 6.45) is -4.01. The Kier molecular flexibility index (Phi) is 4.53. The Bertz CT molecular complexity index is 899. The summed E-state index contributed by atoms with van der Waals surface area (Å²) in [5.74, 6) is -0.516. The van der Waals surface area contributed by atoms with Gasteiger partial charge in [0.2, 0.25) is 0 Å². The van der Waals surface area contributed by atoms with E-state index in [0.717, 1.165) is 5.52 Å². The summed E-state index contributed by atoms with van der Waals surface area (Å²) < 4.78 is 39.2. The van der Waals surface area contributed by atoms with Crippen molar-refractivity contribution in [3.05, 3.63) is 71.4 Å². The van der Waals surface area contributed by atoms with Gasteiger partial charge >= 0.3 is 6.18 Å². The molecular formula is C19H17F3N2O. The molecule has 0 fully saturated rings. The van der Waals surface area contributed by atoms with Gasteiger partial charge < -0.3 is 10.3 Å². The van der Waals surface area contributed by atoms with Gasteiger partial charge in [0.15, 0.2) is 0 Å². The fourth-order valence-corrected chi connectivity index (χ4v) is 2.92. The van der Waals surface area contributed by atoms with Crippen molar-refractivity contribution in [3.8, 4) is 0 Å². The van der Waals surface area contributed by atoms with E-state index in [1.54, 1.807) is 55.5 Å². The molecule has 0 radical (unpaired) electrons. The van der Waals surface area contributed by atoms with Gasteiger partial charge in [-0.15, -0.1) is 0 Å². The quantitative estimate of drug-likeness (QED) is 0.693. The summed E-state index contributed by atoms with van der Waals surface area (Å²) in [5.41, 5.74) is 2.24. The number of aromatic amines is 1. The Morgan fingerprint density at radius 1 is 1.12 bits per heavy atom. The van der Waals surface area contributed by atoms with Crippen molar-refractivity contribution in [1.29, 1.82) is 0 Å². The van der Waals surface area contributed by atoms with Crippen LogP contribution in [-0.4, -0.2) is 17.1 Å². The number of nitrogens with one attached hydrogen (secondary N) is 2. The Morgan fingerprint density at radius 2 is 1.80 bits per heavy atom. The molecule has 0 aliphatic rings. The SMILES string of the molecule is Cc1ccccc1C(=O)N[C@H](CC(F)(F)F)c1c[nH]c2ccccc12. The molecule has 6 heteroatoms. The van der Waals surface area contributed by atoms with Crippen molar-refractivity contribution in [2.45, 2.75) is 25.6 Å². The number of aromatic nitrogens is 1. The summed E-state index contributed by atoms with van der Waals surface area (Å²) in [6, 6.07) is 12.7. The second kappa shape index (κ2) is 6.63. The minimum Gasteiger partial charge on any atom is -0.361 e. The number of alkyl halides is 3. The Labute approximate surface area is 142 Å². The Morgan fingerprint density at radius 3 is 2.52 bits per heavy atom. The standard InChI is InChI=1S/C19H17F3N2O/c1-12-6-2-3-7-13(12)18(25)24-17(10-19(20,21)22)15-11-23-16-9-5-4-8-14(15)16/h2-9,11,17,23H,10H2,1H3,(H,24,25)/t17-/m1/s1. The summed E-state index contributed by atoms with van der Waals surface area (Å²) >= 11 is 0. The van der Waals surface area contributed by atoms with E-state index in [0.29, 0.717) is 22.1 Å². The zero-order valence-corrected chi connectivity index (χ0v) is 13.5. The van der Waals surface area contributed by atoms with Crippen molar-refractivity contribution in [2.75, 3.05) is 0 Å². The second-order valence-electron chi connectivity index (χ2n) is 5.95. The molecule has 1 aromatic heterocycles. The Balaban J connectivity index is 1.95. The number of rotatable bonds is 4. The zero-order valence-electron chi connectivity index (χ0n) is 13.5. The smallest absolute Gasteiger partial charge is 0.361 e. The van der Waals surface area contributed by atoms with Crippen molar-refractivity contribution < 1.29 is 18.0 Å². The average molecular weight is 346 g/mol. The zero-order chi connectivity index (χ0) is 18.0. The summed E-state index contributed by atoms with van der Waals surface area (Å²) in [4.78, 5) is 15.5. The number of aryl methyl sites for hydroxylation is 1. The van der Waals surface area contributed by atoms with Crippen LogP contribution in [-0.2, 0) is 0 Å². The van der Waals surface area contributed by atoms with E-state index in [9.17, 15) is 18.0 Å². The molecule has 3 aromatic rings. The van der Waals surface area contributed by atoms with Crippen LogP contribution >= 0.6 is 0 Å². The van der Waals surface area contributed by atoms with Crippen LogP contribution in [0.5, 0.6) is 0 Å². The van der Waals surface area contributed by atoms with Crippen LogP contribution in [0.25, 0.3) is 10.9 Å². The molecule has 3 rings (SSSR count). The number of hydrogen-bond donors (Lipinski definition) is 2. The highest BCUT2D eigenvalue weighted by Crippen LogP contribution is 2.33. The lowest BCUT2D eigenvalue weighted by atomic mass is 10.0. The maximum Gasteiger partial charge on any atom is 0.391 e. The molecule has 3 nitrogen and oxygen atoms in total. The number of carbonyl (C=O) groups excluding carboxylic acids is 1. The summed E-state index contributed by atoms with van der Waals surface area (Å²) in [7, 11) is 0. The lowest BCUT2D eigenvalue weighted by Gasteiger charge is -2.20. The number of H-pyrrole nitrogens is 1. The van der Waals surface area contributed by atoms with Gasteiger partial charge in [0.25, 0.3) is 5.91 Å². The third-order valence-electron chi connectivity index (χ3n) is 4.13. The topological polar surface area (TPSA) is 44.9 Å². The highest BCUT2D eigenvalue weighted by molar-refractivity contribution is 5.96. The highest BCUT2D eigenvalue weighted by Gasteiger charge is 2.34. The molecule has 0 aliphatic carbocycles. The minimum atomic E-state index is -4.40. The van der Waals surface area contributed by atoms with Gasteiger partial charge in [0.05, 0.1) is 12.5 Å². The number of hydrogen-bond acceptors (Lipinski definition) is 1. The number of amides is 1. The van der Waals surface area contributed by atoms with E-state index < -0.39 is 24.5 Å². The second-order valence-corrected chi connectivity index (χ2v) is 5.95. The number of carbonyl (C=O) groups is 1. The molecule has 1 atom stereocenters. The molecule has 25 heavy (non-hydrogen) atoms. The van der Waals surface area contributed by atoms with E-state index in [1.165, 1.54) is 6.20 Å². The van der Waals surface area contributed by atoms with E-state index in [-0.39, 0.29) is 0 Å². The first kappa shape index (κ1) is 17.1. The van der Waals surface area contributed by atoms with Gasteiger partial charge in [0, 0.05) is 28.2 Å². The normalized spacial score (nSPS) is 13.0. The summed E-state index contributed by atoms with van der Waals surface area (Å²) in [5, 5.41) is 3.21. The first-order valence-electron chi connectivity index (χ1n) is 7.84. The lowest BCUT2D eigenvalue weighted by Crippen LogP contribution is -2.32. The average Bonchev–Trinajstić information content (AvgIpc) is 2.97. The monoisotopic (exact) mass is 346 g/mol. The molecule has 130 valence electrons. The van der Waals surface area contributed by atoms with E-state index in [4.69, 9.17) is 0 Å². The number of halogens is 3. The van der Waals surface area contributed by atoms with E-state index in [2.05, 4.69) is 10.3 Å². The highest BCUT2D eigenvalue weighted by atomic mass is 19.4. The van der Waals surface area contributed by atoms with Crippen LogP contribution in [0.3, 0.4) is 0 Å². The van der Waals surface area contributed by atoms with Gasteiger partial charge in [-0.3, -0.25) is 4.79 Å². The summed E-state index contributed by atoms with van der Waals surface area (Å²) in [6.45, 7) is 1.75. The van der Waals surface area contributed by atoms with E-state index in [1.807, 2.05) is 0 Å². The maximum absolute atomic E-state index is 13.1. The fraction of sp³-hybridized carbons (Fsp3) is 0.211. The molecular weight excluding hydrogens is 329 g/mol. The number of benzene rings is 2. The van der Waals surface area contributed by atoms with Crippen LogP contribution in [0.1, 0.15) is 33.9 Å². The first-order valence-corrected chi connectivity index (χ1v) is 7.84. The molecule has 1 amide bonds. The predicted molar refractivity (Wildman–Crippen MR) is 90.4 cm³/mol. The molecule has 2 aromatic carbocycles. The van der Waals surface area contributed by atoms with Crippen molar-refractivity contribution in [1.82, 2.24) is 10.3 Å². The molecule has 0 spiro atoms. The molecule has 0 aliphatic heterocycles. The van der Waals surface area contributed by atoms with Crippen LogP contribution in [0.2, 0.25) is 0 Å². The van der Waals surface area contributed by atoms with Crippen molar-refractivity contribution in [3.63, 3.8) is 0 Å². The largest absolute Gasteiger partial charge is 0.391 e. The molecule has 2 N–H and O–H groups in total. The number of para-hydroxylation sites is 1. The van der Waals surface area contributed by atoms with Crippen LogP contribution in [0.4, 0.5) is 13.2 Å². The minimum absolute atomic E-state index is 0.370. The van der Waals surface area contributed by atoms with Gasteiger partial charge in [0.1, 0.15) is 0 Å².